The first-order chi connectivity index (χ1) is 14.5. The van der Waals surface area contributed by atoms with Crippen LogP contribution in [0.1, 0.15) is 12.8 Å². The third-order valence-electron chi connectivity index (χ3n) is 4.34. The summed E-state index contributed by atoms with van der Waals surface area (Å²) < 4.78 is 10.0. The highest BCUT2D eigenvalue weighted by atomic mass is 16.5. The Morgan fingerprint density at radius 1 is 0.833 bits per heavy atom. The molecule has 0 fully saturated rings. The highest BCUT2D eigenvalue weighted by Gasteiger charge is 2.12. The first kappa shape index (κ1) is 20.9. The topological polar surface area (TPSA) is 93.7 Å². The van der Waals surface area contributed by atoms with E-state index in [4.69, 9.17) is 9.47 Å². The van der Waals surface area contributed by atoms with Crippen molar-refractivity contribution in [2.75, 3.05) is 24.4 Å². The molecule has 0 heterocycles. The van der Waals surface area contributed by atoms with Crippen LogP contribution < -0.4 is 15.4 Å². The maximum Gasteiger partial charge on any atom is 0.306 e. The van der Waals surface area contributed by atoms with Crippen LogP contribution in [0.2, 0.25) is 0 Å². The number of methoxy groups -OCH3 is 1. The average molecular weight is 406 g/mol. The molecule has 0 bridgehead atoms. The van der Waals surface area contributed by atoms with E-state index in [-0.39, 0.29) is 18.7 Å². The van der Waals surface area contributed by atoms with Crippen LogP contribution in [0.3, 0.4) is 0 Å². The minimum atomic E-state index is -0.621. The minimum Gasteiger partial charge on any atom is -0.497 e. The summed E-state index contributed by atoms with van der Waals surface area (Å²) in [5.41, 5.74) is 1.22. The van der Waals surface area contributed by atoms with E-state index < -0.39 is 18.5 Å². The second-order valence-electron chi connectivity index (χ2n) is 6.52. The van der Waals surface area contributed by atoms with Crippen molar-refractivity contribution >= 4 is 39.9 Å². The Bertz CT molecular complexity index is 1060. The Morgan fingerprint density at radius 3 is 2.43 bits per heavy atom. The summed E-state index contributed by atoms with van der Waals surface area (Å²) in [4.78, 5) is 36.0. The molecule has 7 heteroatoms. The maximum atomic E-state index is 12.2. The largest absolute Gasteiger partial charge is 0.497 e. The number of nitrogens with one attached hydrogen (secondary N) is 2. The van der Waals surface area contributed by atoms with Crippen LogP contribution in [0.25, 0.3) is 10.8 Å². The van der Waals surface area contributed by atoms with Crippen molar-refractivity contribution in [2.24, 2.45) is 0 Å². The molecule has 0 saturated carbocycles. The second kappa shape index (κ2) is 10.1. The van der Waals surface area contributed by atoms with Crippen LogP contribution >= 0.6 is 0 Å². The minimum absolute atomic E-state index is 0.0421. The molecule has 3 rings (SSSR count). The van der Waals surface area contributed by atoms with Gasteiger partial charge in [-0.2, -0.15) is 0 Å². The molecule has 0 radical (unpaired) electrons. The van der Waals surface area contributed by atoms with Gasteiger partial charge in [-0.1, -0.05) is 42.5 Å². The van der Waals surface area contributed by atoms with Gasteiger partial charge in [0.05, 0.1) is 13.5 Å². The first-order valence-corrected chi connectivity index (χ1v) is 9.42. The molecule has 154 valence electrons. The number of anilines is 2. The zero-order valence-electron chi connectivity index (χ0n) is 16.5. The number of ether oxygens (including phenoxy) is 2. The molecule has 0 unspecified atom stereocenters. The third-order valence-corrected chi connectivity index (χ3v) is 4.34. The standard InChI is InChI=1S/C23H22N2O5/c1-29-18-9-5-8-17(14-18)24-22(27)15-30-23(28)13-12-21(26)25-20-11-4-7-16-6-2-3-10-19(16)20/h2-11,14H,12-13,15H2,1H3,(H,24,27)(H,25,26). The summed E-state index contributed by atoms with van der Waals surface area (Å²) >= 11 is 0. The fraction of sp³-hybridized carbons (Fsp3) is 0.174. The molecule has 30 heavy (non-hydrogen) atoms. The lowest BCUT2D eigenvalue weighted by Crippen LogP contribution is -2.21. The van der Waals surface area contributed by atoms with Gasteiger partial charge in [0, 0.05) is 29.2 Å². The lowest BCUT2D eigenvalue weighted by atomic mass is 10.1. The molecule has 7 nitrogen and oxygen atoms in total. The number of hydrogen-bond acceptors (Lipinski definition) is 5. The van der Waals surface area contributed by atoms with E-state index in [1.807, 2.05) is 42.5 Å². The highest BCUT2D eigenvalue weighted by molar-refractivity contribution is 6.02. The summed E-state index contributed by atoms with van der Waals surface area (Å²) in [7, 11) is 1.53. The van der Waals surface area contributed by atoms with Gasteiger partial charge in [-0.3, -0.25) is 14.4 Å². The molecule has 0 saturated heterocycles. The van der Waals surface area contributed by atoms with Crippen molar-refractivity contribution in [3.63, 3.8) is 0 Å². The molecule has 0 spiro atoms. The van der Waals surface area contributed by atoms with Crippen molar-refractivity contribution in [2.45, 2.75) is 12.8 Å². The van der Waals surface area contributed by atoms with Gasteiger partial charge in [-0.05, 0) is 23.6 Å². The van der Waals surface area contributed by atoms with E-state index in [0.717, 1.165) is 10.8 Å². The average Bonchev–Trinajstić information content (AvgIpc) is 2.76. The zero-order chi connectivity index (χ0) is 21.3. The molecule has 0 aliphatic carbocycles. The molecule has 0 atom stereocenters. The Hall–Kier alpha value is -3.87. The van der Waals surface area contributed by atoms with Gasteiger partial charge in [0.25, 0.3) is 5.91 Å². The van der Waals surface area contributed by atoms with E-state index in [2.05, 4.69) is 10.6 Å². The lowest BCUT2D eigenvalue weighted by Gasteiger charge is -2.09. The summed E-state index contributed by atoms with van der Waals surface area (Å²) in [5, 5.41) is 7.35. The van der Waals surface area contributed by atoms with Gasteiger partial charge < -0.3 is 20.1 Å². The zero-order valence-corrected chi connectivity index (χ0v) is 16.5. The molecule has 3 aromatic carbocycles. The van der Waals surface area contributed by atoms with Crippen molar-refractivity contribution in [1.29, 1.82) is 0 Å². The van der Waals surface area contributed by atoms with Gasteiger partial charge in [0.2, 0.25) is 5.91 Å². The number of amides is 2. The molecule has 3 aromatic rings. The number of rotatable bonds is 8. The van der Waals surface area contributed by atoms with Gasteiger partial charge >= 0.3 is 5.97 Å². The van der Waals surface area contributed by atoms with Crippen LogP contribution in [0.5, 0.6) is 5.75 Å². The second-order valence-corrected chi connectivity index (χ2v) is 6.52. The van der Waals surface area contributed by atoms with Gasteiger partial charge in [-0.15, -0.1) is 0 Å². The maximum absolute atomic E-state index is 12.2. The fourth-order valence-corrected chi connectivity index (χ4v) is 2.88. The van der Waals surface area contributed by atoms with Crippen molar-refractivity contribution in [3.05, 3.63) is 66.7 Å². The summed E-state index contributed by atoms with van der Waals surface area (Å²) in [5.74, 6) is -0.799. The Kier molecular flexibility index (Phi) is 7.00. The summed E-state index contributed by atoms with van der Waals surface area (Å²) in [6, 6.07) is 20.1. The molecular weight excluding hydrogens is 384 g/mol. The van der Waals surface area contributed by atoms with E-state index in [0.29, 0.717) is 17.1 Å². The van der Waals surface area contributed by atoms with E-state index in [1.54, 1.807) is 24.3 Å². The van der Waals surface area contributed by atoms with Crippen LogP contribution in [0.4, 0.5) is 11.4 Å². The molecular formula is C23H22N2O5. The predicted molar refractivity (Wildman–Crippen MR) is 114 cm³/mol. The molecule has 0 aliphatic heterocycles. The number of fused-ring (bicyclic) bond motifs is 1. The van der Waals surface area contributed by atoms with Gasteiger partial charge in [-0.25, -0.2) is 0 Å². The number of hydrogen-bond donors (Lipinski definition) is 2. The van der Waals surface area contributed by atoms with Crippen LogP contribution in [0, 0.1) is 0 Å². The van der Waals surface area contributed by atoms with Gasteiger partial charge in [0.1, 0.15) is 5.75 Å². The fourth-order valence-electron chi connectivity index (χ4n) is 2.88. The predicted octanol–water partition coefficient (Wildman–Crippen LogP) is 3.75. The van der Waals surface area contributed by atoms with Crippen LogP contribution in [-0.4, -0.2) is 31.5 Å². The normalized spacial score (nSPS) is 10.3. The van der Waals surface area contributed by atoms with Crippen molar-refractivity contribution in [3.8, 4) is 5.75 Å². The monoisotopic (exact) mass is 406 g/mol. The number of carbonyl (C=O) groups is 3. The SMILES string of the molecule is COc1cccc(NC(=O)COC(=O)CCC(=O)Nc2cccc3ccccc23)c1. The Morgan fingerprint density at radius 2 is 1.60 bits per heavy atom. The lowest BCUT2D eigenvalue weighted by molar-refractivity contribution is -0.147. The van der Waals surface area contributed by atoms with E-state index >= 15 is 0 Å². The summed E-state index contributed by atoms with van der Waals surface area (Å²) in [6.45, 7) is -0.430. The van der Waals surface area contributed by atoms with Crippen molar-refractivity contribution in [1.82, 2.24) is 0 Å². The number of carbonyl (C=O) groups excluding carboxylic acids is 3. The summed E-state index contributed by atoms with van der Waals surface area (Å²) in [6.07, 6.45) is -0.164. The Labute approximate surface area is 174 Å². The van der Waals surface area contributed by atoms with Crippen molar-refractivity contribution < 1.29 is 23.9 Å². The number of esters is 1. The Balaban J connectivity index is 1.42. The molecule has 0 aromatic heterocycles. The van der Waals surface area contributed by atoms with E-state index in [9.17, 15) is 14.4 Å². The van der Waals surface area contributed by atoms with Crippen LogP contribution in [-0.2, 0) is 19.1 Å². The smallest absolute Gasteiger partial charge is 0.306 e. The number of benzene rings is 3. The molecule has 2 amide bonds. The third kappa shape index (κ3) is 5.81. The molecule has 0 aliphatic rings. The van der Waals surface area contributed by atoms with E-state index in [1.165, 1.54) is 7.11 Å². The van der Waals surface area contributed by atoms with Gasteiger partial charge in [0.15, 0.2) is 6.61 Å². The molecule has 2 N–H and O–H groups in total. The highest BCUT2D eigenvalue weighted by Crippen LogP contribution is 2.23. The first-order valence-electron chi connectivity index (χ1n) is 9.42. The quantitative estimate of drug-likeness (QED) is 0.556. The van der Waals surface area contributed by atoms with Crippen LogP contribution in [0.15, 0.2) is 66.7 Å².